The highest BCUT2D eigenvalue weighted by Crippen LogP contribution is 2.24. The van der Waals surface area contributed by atoms with Crippen molar-refractivity contribution in [1.82, 2.24) is 14.3 Å². The fraction of sp³-hybridized carbons (Fsp3) is 0.438. The second-order valence-corrected chi connectivity index (χ2v) is 6.23. The molecule has 134 valence electrons. The Labute approximate surface area is 148 Å². The van der Waals surface area contributed by atoms with E-state index in [1.165, 1.54) is 23.7 Å². The topological polar surface area (TPSA) is 58.6 Å². The van der Waals surface area contributed by atoms with Crippen LogP contribution in [0.4, 0.5) is 13.9 Å². The number of amides is 1. The van der Waals surface area contributed by atoms with Gasteiger partial charge in [0.15, 0.2) is 0 Å². The summed E-state index contributed by atoms with van der Waals surface area (Å²) in [7, 11) is 0. The molecule has 1 aliphatic heterocycles. The number of para-hydroxylation sites is 1. The molecule has 1 aromatic carbocycles. The molecule has 1 saturated heterocycles. The number of nitrogens with zero attached hydrogens (tertiary/aromatic N) is 4. The SMILES string of the molecule is CCc1nsc(N2CCN(C(=O)c3ccccc3OC(F)F)CC2)n1. The summed E-state index contributed by atoms with van der Waals surface area (Å²) in [4.78, 5) is 20.8. The molecule has 1 fully saturated rings. The van der Waals surface area contributed by atoms with E-state index in [4.69, 9.17) is 0 Å². The van der Waals surface area contributed by atoms with E-state index in [-0.39, 0.29) is 17.2 Å². The number of alkyl halides is 2. The van der Waals surface area contributed by atoms with Crippen LogP contribution in [0.2, 0.25) is 0 Å². The van der Waals surface area contributed by atoms with Crippen molar-refractivity contribution in [2.75, 3.05) is 31.1 Å². The van der Waals surface area contributed by atoms with Crippen LogP contribution >= 0.6 is 11.5 Å². The number of benzene rings is 1. The molecule has 0 N–H and O–H groups in total. The summed E-state index contributed by atoms with van der Waals surface area (Å²) >= 11 is 1.35. The quantitative estimate of drug-likeness (QED) is 0.812. The van der Waals surface area contributed by atoms with Crippen molar-refractivity contribution in [3.8, 4) is 5.75 Å². The molecule has 0 atom stereocenters. The van der Waals surface area contributed by atoms with E-state index in [0.717, 1.165) is 17.4 Å². The molecule has 2 aromatic rings. The van der Waals surface area contributed by atoms with Gasteiger partial charge in [-0.1, -0.05) is 19.1 Å². The fourth-order valence-electron chi connectivity index (χ4n) is 2.63. The number of hydrogen-bond acceptors (Lipinski definition) is 6. The summed E-state index contributed by atoms with van der Waals surface area (Å²) in [5, 5.41) is 0.852. The highest BCUT2D eigenvalue weighted by Gasteiger charge is 2.26. The van der Waals surface area contributed by atoms with Crippen LogP contribution in [0.15, 0.2) is 24.3 Å². The smallest absolute Gasteiger partial charge is 0.387 e. The van der Waals surface area contributed by atoms with E-state index in [2.05, 4.69) is 19.0 Å². The summed E-state index contributed by atoms with van der Waals surface area (Å²) < 4.78 is 33.7. The van der Waals surface area contributed by atoms with Crippen LogP contribution < -0.4 is 9.64 Å². The number of halogens is 2. The molecule has 6 nitrogen and oxygen atoms in total. The molecule has 0 aliphatic carbocycles. The Bertz CT molecular complexity index is 732. The molecule has 1 amide bonds. The summed E-state index contributed by atoms with van der Waals surface area (Å²) in [5.74, 6) is 0.417. The van der Waals surface area contributed by atoms with Gasteiger partial charge in [-0.15, -0.1) is 0 Å². The molecule has 0 saturated carbocycles. The predicted molar refractivity (Wildman–Crippen MR) is 90.5 cm³/mol. The van der Waals surface area contributed by atoms with Crippen LogP contribution in [0.25, 0.3) is 0 Å². The number of aryl methyl sites for hydroxylation is 1. The number of anilines is 1. The minimum absolute atomic E-state index is 0.0957. The van der Waals surface area contributed by atoms with Crippen molar-refractivity contribution in [3.63, 3.8) is 0 Å². The Morgan fingerprint density at radius 2 is 2.00 bits per heavy atom. The van der Waals surface area contributed by atoms with Gasteiger partial charge in [-0.3, -0.25) is 4.79 Å². The molecular weight excluding hydrogens is 350 g/mol. The number of piperazine rings is 1. The molecular formula is C16H18F2N4O2S. The van der Waals surface area contributed by atoms with Crippen molar-refractivity contribution in [2.45, 2.75) is 20.0 Å². The molecule has 0 spiro atoms. The zero-order chi connectivity index (χ0) is 17.8. The van der Waals surface area contributed by atoms with Gasteiger partial charge < -0.3 is 14.5 Å². The summed E-state index contributed by atoms with van der Waals surface area (Å²) in [5.41, 5.74) is 0.153. The van der Waals surface area contributed by atoms with Crippen LogP contribution in [0.1, 0.15) is 23.1 Å². The molecule has 3 rings (SSSR count). The first kappa shape index (κ1) is 17.5. The lowest BCUT2D eigenvalue weighted by Gasteiger charge is -2.34. The summed E-state index contributed by atoms with van der Waals surface area (Å²) in [6, 6.07) is 6.08. The number of hydrogen-bond donors (Lipinski definition) is 0. The minimum atomic E-state index is -2.96. The van der Waals surface area contributed by atoms with Crippen molar-refractivity contribution < 1.29 is 18.3 Å². The van der Waals surface area contributed by atoms with Gasteiger partial charge >= 0.3 is 6.61 Å². The Hall–Kier alpha value is -2.29. The van der Waals surface area contributed by atoms with Crippen LogP contribution in [0, 0.1) is 0 Å². The van der Waals surface area contributed by atoms with Crippen molar-refractivity contribution in [3.05, 3.63) is 35.7 Å². The molecule has 9 heteroatoms. The average Bonchev–Trinajstić information content (AvgIpc) is 3.10. The van der Waals surface area contributed by atoms with Gasteiger partial charge in [0.05, 0.1) is 5.56 Å². The lowest BCUT2D eigenvalue weighted by atomic mass is 10.1. The van der Waals surface area contributed by atoms with Crippen molar-refractivity contribution >= 4 is 22.6 Å². The average molecular weight is 368 g/mol. The molecule has 25 heavy (non-hydrogen) atoms. The second-order valence-electron chi connectivity index (χ2n) is 5.50. The third-order valence-corrected chi connectivity index (χ3v) is 4.76. The molecule has 0 radical (unpaired) electrons. The van der Waals surface area contributed by atoms with Crippen molar-refractivity contribution in [2.24, 2.45) is 0 Å². The zero-order valence-corrected chi connectivity index (χ0v) is 14.5. The predicted octanol–water partition coefficient (Wildman–Crippen LogP) is 2.66. The van der Waals surface area contributed by atoms with Gasteiger partial charge in [-0.2, -0.15) is 13.2 Å². The zero-order valence-electron chi connectivity index (χ0n) is 13.7. The van der Waals surface area contributed by atoms with Crippen LogP contribution in [0.5, 0.6) is 5.75 Å². The Morgan fingerprint density at radius 3 is 2.64 bits per heavy atom. The van der Waals surface area contributed by atoms with Gasteiger partial charge in [0.25, 0.3) is 5.91 Å². The molecule has 0 bridgehead atoms. The Balaban J connectivity index is 1.66. The third kappa shape index (κ3) is 4.04. The lowest BCUT2D eigenvalue weighted by Crippen LogP contribution is -2.48. The van der Waals surface area contributed by atoms with E-state index in [9.17, 15) is 13.6 Å². The summed E-state index contributed by atoms with van der Waals surface area (Å²) in [6.45, 7) is 1.27. The fourth-order valence-corrected chi connectivity index (χ4v) is 3.43. The number of rotatable bonds is 5. The van der Waals surface area contributed by atoms with E-state index < -0.39 is 6.61 Å². The molecule has 0 unspecified atom stereocenters. The maximum absolute atomic E-state index is 12.7. The largest absolute Gasteiger partial charge is 0.434 e. The number of aromatic nitrogens is 2. The third-order valence-electron chi connectivity index (χ3n) is 3.94. The van der Waals surface area contributed by atoms with Gasteiger partial charge in [-0.25, -0.2) is 4.98 Å². The van der Waals surface area contributed by atoms with E-state index in [1.807, 2.05) is 6.92 Å². The molecule has 2 heterocycles. The first-order chi connectivity index (χ1) is 12.1. The van der Waals surface area contributed by atoms with Gasteiger partial charge in [0.1, 0.15) is 11.6 Å². The maximum atomic E-state index is 12.7. The monoisotopic (exact) mass is 368 g/mol. The van der Waals surface area contributed by atoms with Gasteiger partial charge in [-0.05, 0) is 12.1 Å². The molecule has 1 aliphatic rings. The van der Waals surface area contributed by atoms with Crippen molar-refractivity contribution in [1.29, 1.82) is 0 Å². The second kappa shape index (κ2) is 7.73. The highest BCUT2D eigenvalue weighted by molar-refractivity contribution is 7.09. The number of carbonyl (C=O) groups is 1. The Kier molecular flexibility index (Phi) is 5.42. The van der Waals surface area contributed by atoms with E-state index in [0.29, 0.717) is 26.2 Å². The minimum Gasteiger partial charge on any atom is -0.434 e. The van der Waals surface area contributed by atoms with E-state index in [1.54, 1.807) is 17.0 Å². The normalized spacial score (nSPS) is 14.9. The highest BCUT2D eigenvalue weighted by atomic mass is 32.1. The standard InChI is InChI=1S/C16H18F2N4O2S/c1-2-13-19-16(25-20-13)22-9-7-21(8-10-22)14(23)11-5-3-4-6-12(11)24-15(17)18/h3-6,15H,2,7-10H2,1H3. The van der Waals surface area contributed by atoms with Gasteiger partial charge in [0, 0.05) is 44.1 Å². The Morgan fingerprint density at radius 1 is 1.28 bits per heavy atom. The van der Waals surface area contributed by atoms with Crippen LogP contribution in [-0.2, 0) is 6.42 Å². The number of carbonyl (C=O) groups excluding carboxylic acids is 1. The van der Waals surface area contributed by atoms with Crippen LogP contribution in [-0.4, -0.2) is 53.0 Å². The molecule has 1 aromatic heterocycles. The van der Waals surface area contributed by atoms with E-state index >= 15 is 0 Å². The van der Waals surface area contributed by atoms with Crippen LogP contribution in [0.3, 0.4) is 0 Å². The maximum Gasteiger partial charge on any atom is 0.387 e. The number of ether oxygens (including phenoxy) is 1. The first-order valence-electron chi connectivity index (χ1n) is 7.99. The lowest BCUT2D eigenvalue weighted by molar-refractivity contribution is -0.0502. The van der Waals surface area contributed by atoms with Gasteiger partial charge in [0.2, 0.25) is 5.13 Å². The first-order valence-corrected chi connectivity index (χ1v) is 8.76. The summed E-state index contributed by atoms with van der Waals surface area (Å²) in [6.07, 6.45) is 0.788.